The highest BCUT2D eigenvalue weighted by atomic mass is 35.5. The highest BCUT2D eigenvalue weighted by Crippen LogP contribution is 2.33. The van der Waals surface area contributed by atoms with Crippen molar-refractivity contribution < 1.29 is 17.9 Å². The smallest absolute Gasteiger partial charge is 0.308 e. The van der Waals surface area contributed by atoms with Gasteiger partial charge in [0.1, 0.15) is 10.8 Å². The summed E-state index contributed by atoms with van der Waals surface area (Å²) in [5.41, 5.74) is 3.91. The number of hydrogen-bond acceptors (Lipinski definition) is 10. The van der Waals surface area contributed by atoms with E-state index in [1.54, 1.807) is 13.3 Å². The van der Waals surface area contributed by atoms with Crippen LogP contribution < -0.4 is 20.3 Å². The first-order valence-corrected chi connectivity index (χ1v) is 11.8. The van der Waals surface area contributed by atoms with Crippen molar-refractivity contribution in [3.8, 4) is 5.75 Å². The second-order valence-electron chi connectivity index (χ2n) is 7.17. The van der Waals surface area contributed by atoms with Crippen molar-refractivity contribution in [2.45, 2.75) is 6.92 Å². The van der Waals surface area contributed by atoms with Crippen molar-refractivity contribution in [2.75, 3.05) is 48.9 Å². The lowest BCUT2D eigenvalue weighted by Crippen LogP contribution is -2.36. The predicted molar refractivity (Wildman–Crippen MR) is 140 cm³/mol. The zero-order valence-corrected chi connectivity index (χ0v) is 21.5. The Morgan fingerprint density at radius 3 is 2.46 bits per heavy atom. The Hall–Kier alpha value is -3.12. The maximum absolute atomic E-state index is 8.67. The van der Waals surface area contributed by atoms with Crippen LogP contribution >= 0.6 is 24.0 Å². The van der Waals surface area contributed by atoms with E-state index in [1.807, 2.05) is 43.3 Å². The molecule has 10 nitrogen and oxygen atoms in total. The number of benzene rings is 2. The molecule has 1 aliphatic rings. The number of aryl methyl sites for hydroxylation is 1. The summed E-state index contributed by atoms with van der Waals surface area (Å²) in [6, 6.07) is 14.0. The van der Waals surface area contributed by atoms with Gasteiger partial charge in [-0.25, -0.2) is 4.98 Å². The van der Waals surface area contributed by atoms with Crippen LogP contribution in [0.25, 0.3) is 0 Å². The Morgan fingerprint density at radius 2 is 1.80 bits per heavy atom. The van der Waals surface area contributed by atoms with Gasteiger partial charge in [-0.1, -0.05) is 29.8 Å². The molecular formula is C22H26Cl2N6O4S. The first-order chi connectivity index (χ1) is 16.4. The van der Waals surface area contributed by atoms with E-state index in [2.05, 4.69) is 31.6 Å². The Balaban J connectivity index is 0.000000804. The van der Waals surface area contributed by atoms with Crippen molar-refractivity contribution >= 4 is 63.3 Å². The van der Waals surface area contributed by atoms with Crippen LogP contribution in [0.15, 0.2) is 48.7 Å². The van der Waals surface area contributed by atoms with Crippen LogP contribution in [0.3, 0.4) is 0 Å². The monoisotopic (exact) mass is 540 g/mol. The Labute approximate surface area is 216 Å². The van der Waals surface area contributed by atoms with Crippen LogP contribution in [-0.2, 0) is 15.2 Å². The van der Waals surface area contributed by atoms with Crippen LogP contribution in [0, 0.1) is 11.7 Å². The molecule has 1 aliphatic heterocycles. The zero-order chi connectivity index (χ0) is 24.5. The fraction of sp³-hybridized carbons (Fsp3) is 0.273. The number of ether oxygens (including phenoxy) is 2. The van der Waals surface area contributed by atoms with Crippen LogP contribution in [0.5, 0.6) is 5.75 Å². The number of nitrogens with zero attached hydrogens (tertiary/aromatic N) is 3. The minimum absolute atomic E-state index is 0. The number of halogens is 2. The van der Waals surface area contributed by atoms with E-state index >= 15 is 0 Å². The first-order valence-electron chi connectivity index (χ1n) is 10.3. The number of methoxy groups -OCH3 is 1. The molecule has 0 spiro atoms. The normalized spacial score (nSPS) is 12.5. The molecule has 1 aromatic heterocycles. The second-order valence-corrected chi connectivity index (χ2v) is 8.05. The fourth-order valence-electron chi connectivity index (χ4n) is 3.28. The van der Waals surface area contributed by atoms with Gasteiger partial charge < -0.3 is 25.0 Å². The van der Waals surface area contributed by atoms with E-state index < -0.39 is 10.5 Å². The van der Waals surface area contributed by atoms with E-state index in [9.17, 15) is 0 Å². The molecule has 0 amide bonds. The molecule has 4 rings (SSSR count). The number of para-hydroxylation sites is 1. The van der Waals surface area contributed by atoms with Gasteiger partial charge in [-0.15, -0.1) is 12.4 Å². The lowest BCUT2D eigenvalue weighted by atomic mass is 10.2. The summed E-state index contributed by atoms with van der Waals surface area (Å²) in [7, 11) is -0.961. The van der Waals surface area contributed by atoms with E-state index in [4.69, 9.17) is 34.3 Å². The summed E-state index contributed by atoms with van der Waals surface area (Å²) < 4.78 is 33.9. The topological polar surface area (TPSA) is 130 Å². The number of hydrogen-bond donors (Lipinski definition) is 3. The fourth-order valence-corrected chi connectivity index (χ4v) is 3.42. The van der Waals surface area contributed by atoms with Crippen molar-refractivity contribution in [2.24, 2.45) is 0 Å². The summed E-state index contributed by atoms with van der Waals surface area (Å²) in [5, 5.41) is 6.95. The van der Waals surface area contributed by atoms with Crippen molar-refractivity contribution in [1.82, 2.24) is 9.97 Å². The molecule has 0 bridgehead atoms. The highest BCUT2D eigenvalue weighted by molar-refractivity contribution is 7.60. The SMILES string of the molecule is COc1cc(N2CCOCC2)ccc1Nc1ncc(Cl)c(Nc2ccccc2C)n1.Cl.N=S(=O)=O. The van der Waals surface area contributed by atoms with E-state index in [0.29, 0.717) is 22.5 Å². The molecule has 3 aromatic rings. The Morgan fingerprint density at radius 1 is 1.11 bits per heavy atom. The minimum Gasteiger partial charge on any atom is -0.494 e. The highest BCUT2D eigenvalue weighted by Gasteiger charge is 2.15. The van der Waals surface area contributed by atoms with Crippen LogP contribution in [0.1, 0.15) is 5.56 Å². The van der Waals surface area contributed by atoms with Crippen LogP contribution in [-0.4, -0.2) is 51.8 Å². The Bertz CT molecular complexity index is 1230. The third-order valence-electron chi connectivity index (χ3n) is 4.95. The van der Waals surface area contributed by atoms with Gasteiger partial charge in [0.15, 0.2) is 5.82 Å². The van der Waals surface area contributed by atoms with E-state index in [1.165, 1.54) is 0 Å². The molecule has 0 atom stereocenters. The molecular weight excluding hydrogens is 515 g/mol. The lowest BCUT2D eigenvalue weighted by Gasteiger charge is -2.29. The molecule has 0 aliphatic carbocycles. The summed E-state index contributed by atoms with van der Waals surface area (Å²) in [6.07, 6.45) is 1.58. The third-order valence-corrected chi connectivity index (χ3v) is 5.23. The van der Waals surface area contributed by atoms with Crippen molar-refractivity contribution in [1.29, 1.82) is 4.78 Å². The van der Waals surface area contributed by atoms with Crippen LogP contribution in [0.4, 0.5) is 28.8 Å². The minimum atomic E-state index is -2.61. The lowest BCUT2D eigenvalue weighted by molar-refractivity contribution is 0.122. The zero-order valence-electron chi connectivity index (χ0n) is 19.1. The maximum atomic E-state index is 8.67. The molecule has 2 aromatic carbocycles. The maximum Gasteiger partial charge on any atom is 0.308 e. The number of nitrogens with one attached hydrogen (secondary N) is 3. The molecule has 0 radical (unpaired) electrons. The molecule has 1 saturated heterocycles. The van der Waals surface area contributed by atoms with Gasteiger partial charge in [-0.2, -0.15) is 18.2 Å². The van der Waals surface area contributed by atoms with E-state index in [-0.39, 0.29) is 12.4 Å². The third kappa shape index (κ3) is 8.25. The Kier molecular flexibility index (Phi) is 11.0. The standard InChI is InChI=1S/C22H24ClN5O2.ClH.HNO2S/c1-15-5-3-4-6-18(15)25-21-17(23)14-24-22(27-21)26-19-8-7-16(13-20(19)29-2)28-9-11-30-12-10-28;;1-4(2)3/h3-8,13-14H,9-12H2,1-2H3,(H2,24,25,26,27);1H;1H. The number of morpholine rings is 1. The summed E-state index contributed by atoms with van der Waals surface area (Å²) >= 11 is 6.31. The van der Waals surface area contributed by atoms with Gasteiger partial charge in [0.2, 0.25) is 5.95 Å². The average molecular weight is 541 g/mol. The average Bonchev–Trinajstić information content (AvgIpc) is 2.83. The molecule has 188 valence electrons. The van der Waals surface area contributed by atoms with Gasteiger partial charge in [-0.3, -0.25) is 0 Å². The summed E-state index contributed by atoms with van der Waals surface area (Å²) in [6.45, 7) is 5.22. The molecule has 3 N–H and O–H groups in total. The molecule has 2 heterocycles. The molecule has 1 fully saturated rings. The van der Waals surface area contributed by atoms with Crippen molar-refractivity contribution in [3.05, 3.63) is 59.2 Å². The molecule has 0 saturated carbocycles. The number of rotatable bonds is 6. The van der Waals surface area contributed by atoms with Crippen LogP contribution in [0.2, 0.25) is 5.02 Å². The van der Waals surface area contributed by atoms with Gasteiger partial charge in [0.05, 0.1) is 32.2 Å². The van der Waals surface area contributed by atoms with Gasteiger partial charge in [0, 0.05) is 30.5 Å². The predicted octanol–water partition coefficient (Wildman–Crippen LogP) is 4.82. The number of aromatic nitrogens is 2. The molecule has 13 heteroatoms. The number of anilines is 5. The van der Waals surface area contributed by atoms with E-state index in [0.717, 1.165) is 48.9 Å². The summed E-state index contributed by atoms with van der Waals surface area (Å²) in [5.74, 6) is 1.67. The van der Waals surface area contributed by atoms with Gasteiger partial charge >= 0.3 is 10.5 Å². The van der Waals surface area contributed by atoms with Gasteiger partial charge in [0.25, 0.3) is 0 Å². The molecule has 0 unspecified atom stereocenters. The largest absolute Gasteiger partial charge is 0.494 e. The molecule has 35 heavy (non-hydrogen) atoms. The first kappa shape index (κ1) is 28.1. The summed E-state index contributed by atoms with van der Waals surface area (Å²) in [4.78, 5) is 11.1. The van der Waals surface area contributed by atoms with Gasteiger partial charge in [-0.05, 0) is 30.7 Å². The van der Waals surface area contributed by atoms with Crippen molar-refractivity contribution in [3.63, 3.8) is 0 Å². The second kappa shape index (κ2) is 13.7. The quantitative estimate of drug-likeness (QED) is 0.402.